The summed E-state index contributed by atoms with van der Waals surface area (Å²) >= 11 is 0. The Balaban J connectivity index is 2.13. The molecule has 0 unspecified atom stereocenters. The van der Waals surface area contributed by atoms with Crippen molar-refractivity contribution in [3.63, 3.8) is 0 Å². The van der Waals surface area contributed by atoms with Crippen molar-refractivity contribution in [2.45, 2.75) is 13.5 Å². The van der Waals surface area contributed by atoms with Crippen LogP contribution in [0.3, 0.4) is 0 Å². The molecule has 1 heterocycles. The number of carbonyl (C=O) groups is 1. The van der Waals surface area contributed by atoms with Gasteiger partial charge in [0.15, 0.2) is 0 Å². The van der Waals surface area contributed by atoms with Gasteiger partial charge in [0, 0.05) is 6.07 Å². The molecule has 0 aliphatic heterocycles. The lowest BCUT2D eigenvalue weighted by Gasteiger charge is -2.06. The molecule has 0 radical (unpaired) electrons. The summed E-state index contributed by atoms with van der Waals surface area (Å²) in [6.45, 7) is 1.98. The third-order valence-electron chi connectivity index (χ3n) is 2.74. The first-order valence-electron chi connectivity index (χ1n) is 5.85. The Labute approximate surface area is 114 Å². The van der Waals surface area contributed by atoms with Gasteiger partial charge in [0.25, 0.3) is 11.6 Å². The molecule has 0 bridgehead atoms. The van der Waals surface area contributed by atoms with Crippen molar-refractivity contribution in [1.82, 2.24) is 5.32 Å². The van der Waals surface area contributed by atoms with Crippen molar-refractivity contribution in [3.8, 4) is 0 Å². The number of aryl methyl sites for hydroxylation is 1. The molecule has 2 rings (SSSR count). The topological polar surface area (TPSA) is 111 Å². The largest absolute Gasteiger partial charge is 0.465 e. The summed E-state index contributed by atoms with van der Waals surface area (Å²) in [5.74, 6) is 0.851. The fourth-order valence-corrected chi connectivity index (χ4v) is 1.75. The number of amides is 1. The summed E-state index contributed by atoms with van der Waals surface area (Å²) in [7, 11) is 0. The van der Waals surface area contributed by atoms with Crippen LogP contribution in [-0.2, 0) is 6.54 Å². The number of benzene rings is 1. The molecule has 0 saturated carbocycles. The molecule has 0 atom stereocenters. The average Bonchev–Trinajstić information content (AvgIpc) is 2.81. The standard InChI is InChI=1S/C13H13N3O4/c1-8-5-6-9(20-8)7-15-13(17)10-3-2-4-11(12(10)14)16(18)19/h2-6H,7,14H2,1H3,(H,15,17). The number of para-hydroxylation sites is 1. The Morgan fingerprint density at radius 2 is 2.15 bits per heavy atom. The molecule has 7 nitrogen and oxygen atoms in total. The molecule has 20 heavy (non-hydrogen) atoms. The number of hydrogen-bond acceptors (Lipinski definition) is 5. The maximum atomic E-state index is 12.0. The van der Waals surface area contributed by atoms with E-state index < -0.39 is 10.8 Å². The zero-order valence-electron chi connectivity index (χ0n) is 10.8. The minimum absolute atomic E-state index is 0.0717. The average molecular weight is 275 g/mol. The molecule has 7 heteroatoms. The van der Waals surface area contributed by atoms with Crippen LogP contribution in [0.1, 0.15) is 21.9 Å². The summed E-state index contributed by atoms with van der Waals surface area (Å²) in [5.41, 5.74) is 5.27. The van der Waals surface area contributed by atoms with Crippen LogP contribution in [0, 0.1) is 17.0 Å². The quantitative estimate of drug-likeness (QED) is 0.503. The number of nitro groups is 1. The first-order valence-corrected chi connectivity index (χ1v) is 5.85. The van der Waals surface area contributed by atoms with Crippen LogP contribution in [0.2, 0.25) is 0 Å². The molecule has 104 valence electrons. The Morgan fingerprint density at radius 1 is 1.40 bits per heavy atom. The van der Waals surface area contributed by atoms with Gasteiger partial charge in [-0.15, -0.1) is 0 Å². The predicted molar refractivity (Wildman–Crippen MR) is 72.1 cm³/mol. The highest BCUT2D eigenvalue weighted by Gasteiger charge is 2.18. The van der Waals surface area contributed by atoms with Gasteiger partial charge < -0.3 is 15.5 Å². The summed E-state index contributed by atoms with van der Waals surface area (Å²) in [6.07, 6.45) is 0. The van der Waals surface area contributed by atoms with E-state index in [2.05, 4.69) is 5.32 Å². The zero-order valence-corrected chi connectivity index (χ0v) is 10.8. The second kappa shape index (κ2) is 5.43. The van der Waals surface area contributed by atoms with Gasteiger partial charge in [-0.2, -0.15) is 0 Å². The summed E-state index contributed by atoms with van der Waals surface area (Å²) in [4.78, 5) is 22.1. The van der Waals surface area contributed by atoms with Crippen molar-refractivity contribution < 1.29 is 14.1 Å². The smallest absolute Gasteiger partial charge is 0.292 e. The number of furan rings is 1. The van der Waals surface area contributed by atoms with Gasteiger partial charge in [0.2, 0.25) is 0 Å². The lowest BCUT2D eigenvalue weighted by atomic mass is 10.1. The molecule has 0 aliphatic carbocycles. The fourth-order valence-electron chi connectivity index (χ4n) is 1.75. The fraction of sp³-hybridized carbons (Fsp3) is 0.154. The van der Waals surface area contributed by atoms with E-state index in [1.165, 1.54) is 18.2 Å². The van der Waals surface area contributed by atoms with E-state index in [-0.39, 0.29) is 23.5 Å². The van der Waals surface area contributed by atoms with Gasteiger partial charge in [-0.25, -0.2) is 0 Å². The normalized spacial score (nSPS) is 10.2. The monoisotopic (exact) mass is 275 g/mol. The van der Waals surface area contributed by atoms with Crippen LogP contribution in [0.5, 0.6) is 0 Å². The van der Waals surface area contributed by atoms with Crippen molar-refractivity contribution >= 4 is 17.3 Å². The number of nitro benzene ring substituents is 1. The number of rotatable bonds is 4. The molecular weight excluding hydrogens is 262 g/mol. The number of nitrogens with two attached hydrogens (primary N) is 1. The highest BCUT2D eigenvalue weighted by atomic mass is 16.6. The van der Waals surface area contributed by atoms with Crippen molar-refractivity contribution in [2.75, 3.05) is 5.73 Å². The maximum absolute atomic E-state index is 12.0. The van der Waals surface area contributed by atoms with E-state index in [0.717, 1.165) is 5.76 Å². The molecule has 1 amide bonds. The van der Waals surface area contributed by atoms with Crippen LogP contribution in [0.4, 0.5) is 11.4 Å². The highest BCUT2D eigenvalue weighted by Crippen LogP contribution is 2.24. The number of hydrogen-bond donors (Lipinski definition) is 2. The SMILES string of the molecule is Cc1ccc(CNC(=O)c2cccc([N+](=O)[O-])c2N)o1. The highest BCUT2D eigenvalue weighted by molar-refractivity contribution is 6.00. The maximum Gasteiger partial charge on any atom is 0.292 e. The molecule has 2 aromatic rings. The van der Waals surface area contributed by atoms with E-state index in [4.69, 9.17) is 10.2 Å². The lowest BCUT2D eigenvalue weighted by Crippen LogP contribution is -2.23. The van der Waals surface area contributed by atoms with Gasteiger partial charge in [-0.05, 0) is 25.1 Å². The number of nitrogens with one attached hydrogen (secondary N) is 1. The number of anilines is 1. The van der Waals surface area contributed by atoms with Crippen molar-refractivity contribution in [2.24, 2.45) is 0 Å². The van der Waals surface area contributed by atoms with E-state index in [1.54, 1.807) is 19.1 Å². The second-order valence-electron chi connectivity index (χ2n) is 4.19. The lowest BCUT2D eigenvalue weighted by molar-refractivity contribution is -0.383. The van der Waals surface area contributed by atoms with Gasteiger partial charge in [-0.3, -0.25) is 14.9 Å². The zero-order chi connectivity index (χ0) is 14.7. The van der Waals surface area contributed by atoms with Crippen molar-refractivity contribution in [3.05, 3.63) is 57.5 Å². The Kier molecular flexibility index (Phi) is 3.69. The number of nitrogen functional groups attached to an aromatic ring is 1. The second-order valence-corrected chi connectivity index (χ2v) is 4.19. The van der Waals surface area contributed by atoms with Gasteiger partial charge in [0.1, 0.15) is 17.2 Å². The minimum atomic E-state index is -0.623. The third kappa shape index (κ3) is 2.77. The van der Waals surface area contributed by atoms with Gasteiger partial charge in [-0.1, -0.05) is 6.07 Å². The van der Waals surface area contributed by atoms with E-state index in [1.807, 2.05) is 0 Å². The number of carbonyl (C=O) groups excluding carboxylic acids is 1. The van der Waals surface area contributed by atoms with E-state index in [0.29, 0.717) is 5.76 Å². The van der Waals surface area contributed by atoms with Gasteiger partial charge in [0.05, 0.1) is 17.0 Å². The Hall–Kier alpha value is -2.83. The first kappa shape index (κ1) is 13.6. The third-order valence-corrected chi connectivity index (χ3v) is 2.74. The minimum Gasteiger partial charge on any atom is -0.465 e. The summed E-state index contributed by atoms with van der Waals surface area (Å²) in [6, 6.07) is 7.63. The van der Waals surface area contributed by atoms with Crippen molar-refractivity contribution in [1.29, 1.82) is 0 Å². The summed E-state index contributed by atoms with van der Waals surface area (Å²) < 4.78 is 5.31. The van der Waals surface area contributed by atoms with Crippen LogP contribution in [0.15, 0.2) is 34.7 Å². The molecule has 0 fully saturated rings. The Morgan fingerprint density at radius 3 is 2.75 bits per heavy atom. The molecule has 1 aromatic heterocycles. The van der Waals surface area contributed by atoms with E-state index >= 15 is 0 Å². The molecule has 3 N–H and O–H groups in total. The van der Waals surface area contributed by atoms with Crippen LogP contribution >= 0.6 is 0 Å². The Bertz CT molecular complexity index is 663. The van der Waals surface area contributed by atoms with E-state index in [9.17, 15) is 14.9 Å². The molecule has 0 spiro atoms. The van der Waals surface area contributed by atoms with Crippen LogP contribution in [0.25, 0.3) is 0 Å². The van der Waals surface area contributed by atoms with Crippen LogP contribution in [-0.4, -0.2) is 10.8 Å². The number of nitrogens with zero attached hydrogens (tertiary/aromatic N) is 1. The molecule has 0 aliphatic rings. The van der Waals surface area contributed by atoms with Crippen LogP contribution < -0.4 is 11.1 Å². The first-order chi connectivity index (χ1) is 9.49. The predicted octanol–water partition coefficient (Wildman–Crippen LogP) is 2.01. The molecule has 0 saturated heterocycles. The molecule has 1 aromatic carbocycles. The molecular formula is C13H13N3O4. The summed E-state index contributed by atoms with van der Waals surface area (Å²) in [5, 5.41) is 13.4. The van der Waals surface area contributed by atoms with Gasteiger partial charge >= 0.3 is 0 Å².